The Morgan fingerprint density at radius 1 is 1.38 bits per heavy atom. The standard InChI is InChI=1S/C17H23F2N3O2S.HI/c1-2-20-17(21-9-12-4-6-25(23,24)11-12)22-5-3-15-13(10-22)7-14(18)8-16(15)19;/h7-8,12H,2-6,9-11H2,1H3,(H,20,21);1H. The third-order valence-electron chi connectivity index (χ3n) is 4.71. The van der Waals surface area contributed by atoms with Gasteiger partial charge in [0, 0.05) is 32.2 Å². The molecule has 0 aromatic heterocycles. The summed E-state index contributed by atoms with van der Waals surface area (Å²) in [7, 11) is -2.92. The lowest BCUT2D eigenvalue weighted by Crippen LogP contribution is -2.44. The van der Waals surface area contributed by atoms with Crippen LogP contribution in [-0.2, 0) is 22.8 Å². The molecule has 1 N–H and O–H groups in total. The average molecular weight is 499 g/mol. The van der Waals surface area contributed by atoms with Crippen molar-refractivity contribution in [1.82, 2.24) is 10.2 Å². The van der Waals surface area contributed by atoms with Crippen LogP contribution in [0.15, 0.2) is 17.1 Å². The Hall–Kier alpha value is -0.970. The fourth-order valence-electron chi connectivity index (χ4n) is 3.45. The predicted molar refractivity (Wildman–Crippen MR) is 109 cm³/mol. The van der Waals surface area contributed by atoms with E-state index in [1.165, 1.54) is 6.07 Å². The molecule has 0 amide bonds. The summed E-state index contributed by atoms with van der Waals surface area (Å²) in [5, 5.41) is 3.20. The number of nitrogens with zero attached hydrogens (tertiary/aromatic N) is 2. The van der Waals surface area contributed by atoms with Gasteiger partial charge in [-0.05, 0) is 42.9 Å². The molecule has 0 spiro atoms. The van der Waals surface area contributed by atoms with Gasteiger partial charge in [-0.2, -0.15) is 0 Å². The van der Waals surface area contributed by atoms with Crippen LogP contribution in [0.5, 0.6) is 0 Å². The molecule has 2 heterocycles. The van der Waals surface area contributed by atoms with Crippen LogP contribution in [0, 0.1) is 17.6 Å². The van der Waals surface area contributed by atoms with Crippen molar-refractivity contribution in [2.24, 2.45) is 10.9 Å². The number of nitrogens with one attached hydrogen (secondary N) is 1. The highest BCUT2D eigenvalue weighted by Crippen LogP contribution is 2.24. The van der Waals surface area contributed by atoms with Gasteiger partial charge in [-0.25, -0.2) is 17.2 Å². The molecule has 3 rings (SSSR count). The highest BCUT2D eigenvalue weighted by atomic mass is 127. The molecule has 1 unspecified atom stereocenters. The Kier molecular flexibility index (Phi) is 7.23. The van der Waals surface area contributed by atoms with E-state index in [1.54, 1.807) is 0 Å². The molecule has 0 bridgehead atoms. The maximum Gasteiger partial charge on any atom is 0.194 e. The van der Waals surface area contributed by atoms with Gasteiger partial charge in [0.1, 0.15) is 11.6 Å². The highest BCUT2D eigenvalue weighted by Gasteiger charge is 2.28. The van der Waals surface area contributed by atoms with Gasteiger partial charge in [-0.15, -0.1) is 24.0 Å². The average Bonchev–Trinajstić information content (AvgIpc) is 2.89. The number of benzene rings is 1. The monoisotopic (exact) mass is 499 g/mol. The molecule has 2 aliphatic heterocycles. The summed E-state index contributed by atoms with van der Waals surface area (Å²) in [6.45, 7) is 4.04. The second kappa shape index (κ2) is 8.81. The van der Waals surface area contributed by atoms with Crippen LogP contribution in [-0.4, -0.2) is 50.4 Å². The van der Waals surface area contributed by atoms with Gasteiger partial charge in [0.25, 0.3) is 0 Å². The third kappa shape index (κ3) is 5.05. The van der Waals surface area contributed by atoms with Crippen molar-refractivity contribution in [3.63, 3.8) is 0 Å². The fourth-order valence-corrected chi connectivity index (χ4v) is 5.30. The largest absolute Gasteiger partial charge is 0.357 e. The van der Waals surface area contributed by atoms with E-state index in [0.29, 0.717) is 56.1 Å². The molecule has 0 saturated carbocycles. The molecule has 1 saturated heterocycles. The Morgan fingerprint density at radius 3 is 2.81 bits per heavy atom. The lowest BCUT2D eigenvalue weighted by molar-refractivity contribution is 0.369. The molecule has 5 nitrogen and oxygen atoms in total. The van der Waals surface area contributed by atoms with Crippen molar-refractivity contribution in [3.05, 3.63) is 34.9 Å². The first kappa shape index (κ1) is 21.3. The summed E-state index contributed by atoms with van der Waals surface area (Å²) in [4.78, 5) is 6.55. The van der Waals surface area contributed by atoms with Crippen molar-refractivity contribution in [3.8, 4) is 0 Å². The predicted octanol–water partition coefficient (Wildman–Crippen LogP) is 2.34. The van der Waals surface area contributed by atoms with Crippen LogP contribution in [0.4, 0.5) is 8.78 Å². The summed E-state index contributed by atoms with van der Waals surface area (Å²) in [6.07, 6.45) is 1.13. The van der Waals surface area contributed by atoms with E-state index in [2.05, 4.69) is 10.3 Å². The maximum absolute atomic E-state index is 13.9. The second-order valence-electron chi connectivity index (χ2n) is 6.66. The van der Waals surface area contributed by atoms with Crippen LogP contribution >= 0.6 is 24.0 Å². The number of fused-ring (bicyclic) bond motifs is 1. The van der Waals surface area contributed by atoms with Gasteiger partial charge >= 0.3 is 0 Å². The zero-order valence-electron chi connectivity index (χ0n) is 14.7. The van der Waals surface area contributed by atoms with Crippen LogP contribution in [0.1, 0.15) is 24.5 Å². The van der Waals surface area contributed by atoms with Crippen LogP contribution in [0.3, 0.4) is 0 Å². The topological polar surface area (TPSA) is 61.8 Å². The first-order chi connectivity index (χ1) is 11.9. The zero-order valence-corrected chi connectivity index (χ0v) is 17.8. The van der Waals surface area contributed by atoms with E-state index in [-0.39, 0.29) is 41.4 Å². The fraction of sp³-hybridized carbons (Fsp3) is 0.588. The minimum atomic E-state index is -2.92. The number of hydrogen-bond donors (Lipinski definition) is 1. The molecular weight excluding hydrogens is 475 g/mol. The van der Waals surface area contributed by atoms with Gasteiger partial charge in [-0.3, -0.25) is 4.99 Å². The van der Waals surface area contributed by atoms with Gasteiger partial charge in [0.05, 0.1) is 11.5 Å². The lowest BCUT2D eigenvalue weighted by atomic mass is 9.99. The molecular formula is C17H24F2IN3O2S. The highest BCUT2D eigenvalue weighted by molar-refractivity contribution is 14.0. The number of rotatable bonds is 3. The summed E-state index contributed by atoms with van der Waals surface area (Å²) in [6, 6.07) is 2.30. The first-order valence-corrected chi connectivity index (χ1v) is 10.4. The number of aliphatic imine (C=N–C) groups is 1. The van der Waals surface area contributed by atoms with E-state index in [4.69, 9.17) is 0 Å². The van der Waals surface area contributed by atoms with Gasteiger partial charge in [-0.1, -0.05) is 0 Å². The number of halogens is 3. The summed E-state index contributed by atoms with van der Waals surface area (Å²) in [5.41, 5.74) is 1.20. The van der Waals surface area contributed by atoms with E-state index in [1.807, 2.05) is 11.8 Å². The smallest absolute Gasteiger partial charge is 0.194 e. The quantitative estimate of drug-likeness (QED) is 0.394. The van der Waals surface area contributed by atoms with E-state index in [9.17, 15) is 17.2 Å². The summed E-state index contributed by atoms with van der Waals surface area (Å²) >= 11 is 0. The van der Waals surface area contributed by atoms with Crippen LogP contribution in [0.2, 0.25) is 0 Å². The molecule has 26 heavy (non-hydrogen) atoms. The third-order valence-corrected chi connectivity index (χ3v) is 6.54. The van der Waals surface area contributed by atoms with Crippen molar-refractivity contribution in [2.75, 3.05) is 31.1 Å². The Bertz CT molecular complexity index is 786. The van der Waals surface area contributed by atoms with Crippen LogP contribution < -0.4 is 5.32 Å². The van der Waals surface area contributed by atoms with Crippen LogP contribution in [0.25, 0.3) is 0 Å². The second-order valence-corrected chi connectivity index (χ2v) is 8.89. The minimum Gasteiger partial charge on any atom is -0.357 e. The Morgan fingerprint density at radius 2 is 2.15 bits per heavy atom. The maximum atomic E-state index is 13.9. The molecule has 9 heteroatoms. The Balaban J connectivity index is 0.00000243. The molecule has 146 valence electrons. The molecule has 1 atom stereocenters. The van der Waals surface area contributed by atoms with Crippen molar-refractivity contribution in [2.45, 2.75) is 26.3 Å². The van der Waals surface area contributed by atoms with Crippen molar-refractivity contribution >= 4 is 39.8 Å². The van der Waals surface area contributed by atoms with Gasteiger partial charge in [0.15, 0.2) is 15.8 Å². The molecule has 0 aliphatic carbocycles. The molecule has 0 radical (unpaired) electrons. The number of hydrogen-bond acceptors (Lipinski definition) is 3. The van der Waals surface area contributed by atoms with E-state index in [0.717, 1.165) is 6.07 Å². The SMILES string of the molecule is CCNC(=NCC1CCS(=O)(=O)C1)N1CCc2c(F)cc(F)cc2C1.I. The molecule has 1 aromatic rings. The zero-order chi connectivity index (χ0) is 18.0. The summed E-state index contributed by atoms with van der Waals surface area (Å²) in [5.74, 6) is 0.0748. The van der Waals surface area contributed by atoms with E-state index < -0.39 is 21.5 Å². The molecule has 1 aromatic carbocycles. The number of guanidine groups is 1. The van der Waals surface area contributed by atoms with E-state index >= 15 is 0 Å². The normalized spacial score (nSPS) is 21.9. The lowest BCUT2D eigenvalue weighted by Gasteiger charge is -2.32. The van der Waals surface area contributed by atoms with Crippen molar-refractivity contribution in [1.29, 1.82) is 0 Å². The molecule has 1 fully saturated rings. The first-order valence-electron chi connectivity index (χ1n) is 8.58. The van der Waals surface area contributed by atoms with Crippen molar-refractivity contribution < 1.29 is 17.2 Å². The Labute approximate surface area is 170 Å². The van der Waals surface area contributed by atoms with Gasteiger partial charge in [0.2, 0.25) is 0 Å². The number of sulfone groups is 1. The molecule has 2 aliphatic rings. The van der Waals surface area contributed by atoms with Gasteiger partial charge < -0.3 is 10.2 Å². The summed E-state index contributed by atoms with van der Waals surface area (Å²) < 4.78 is 50.5. The minimum absolute atomic E-state index is 0.